The molecule has 1 atom stereocenters. The first-order chi connectivity index (χ1) is 11.9. The second-order valence-corrected chi connectivity index (χ2v) is 6.26. The van der Waals surface area contributed by atoms with Crippen molar-refractivity contribution in [2.75, 3.05) is 20.1 Å². The van der Waals surface area contributed by atoms with Gasteiger partial charge in [0, 0.05) is 13.6 Å². The van der Waals surface area contributed by atoms with Crippen molar-refractivity contribution in [3.63, 3.8) is 0 Å². The average Bonchev–Trinajstić information content (AvgIpc) is 2.85. The summed E-state index contributed by atoms with van der Waals surface area (Å²) in [7, 11) is 1.66. The van der Waals surface area contributed by atoms with Crippen LogP contribution in [-0.4, -0.2) is 47.8 Å². The summed E-state index contributed by atoms with van der Waals surface area (Å²) < 4.78 is 13.2. The van der Waals surface area contributed by atoms with Crippen molar-refractivity contribution in [1.82, 2.24) is 15.1 Å². The Bertz CT molecular complexity index is 662. The molecule has 2 rings (SSSR count). The van der Waals surface area contributed by atoms with Crippen molar-refractivity contribution in [2.24, 2.45) is 0 Å². The maximum absolute atomic E-state index is 13.2. The summed E-state index contributed by atoms with van der Waals surface area (Å²) in [5, 5.41) is 2.68. The Morgan fingerprint density at radius 1 is 1.24 bits per heavy atom. The van der Waals surface area contributed by atoms with Crippen LogP contribution in [0.1, 0.15) is 38.7 Å². The van der Waals surface area contributed by atoms with E-state index in [2.05, 4.69) is 5.32 Å². The van der Waals surface area contributed by atoms with Gasteiger partial charge in [-0.05, 0) is 30.5 Å². The Morgan fingerprint density at radius 2 is 1.88 bits per heavy atom. The highest BCUT2D eigenvalue weighted by Gasteiger charge is 2.51. The molecule has 1 heterocycles. The molecule has 0 aliphatic carbocycles. The number of hydrogen-bond donors (Lipinski definition) is 1. The zero-order valence-electron chi connectivity index (χ0n) is 14.8. The third-order valence-electron chi connectivity index (χ3n) is 4.61. The van der Waals surface area contributed by atoms with E-state index in [9.17, 15) is 18.8 Å². The van der Waals surface area contributed by atoms with E-state index in [0.717, 1.165) is 17.7 Å². The van der Waals surface area contributed by atoms with Crippen LogP contribution in [0.5, 0.6) is 0 Å². The fourth-order valence-corrected chi connectivity index (χ4v) is 2.92. The number of nitrogens with one attached hydrogen (secondary N) is 1. The van der Waals surface area contributed by atoms with Gasteiger partial charge in [-0.2, -0.15) is 0 Å². The van der Waals surface area contributed by atoms with Gasteiger partial charge in [0.2, 0.25) is 5.91 Å². The lowest BCUT2D eigenvalue weighted by atomic mass is 9.87. The number of urea groups is 1. The number of carbonyl (C=O) groups is 3. The van der Waals surface area contributed by atoms with Gasteiger partial charge in [0.05, 0.1) is 0 Å². The summed E-state index contributed by atoms with van der Waals surface area (Å²) in [6.07, 6.45) is 2.11. The summed E-state index contributed by atoms with van der Waals surface area (Å²) >= 11 is 0. The van der Waals surface area contributed by atoms with E-state index >= 15 is 0 Å². The molecule has 7 heteroatoms. The predicted octanol–water partition coefficient (Wildman–Crippen LogP) is 2.24. The Morgan fingerprint density at radius 3 is 2.44 bits per heavy atom. The van der Waals surface area contributed by atoms with E-state index in [1.165, 1.54) is 29.2 Å². The van der Waals surface area contributed by atoms with Gasteiger partial charge in [0.15, 0.2) is 0 Å². The number of nitrogens with zero attached hydrogens (tertiary/aromatic N) is 2. The molecule has 1 aliphatic rings. The first kappa shape index (κ1) is 18.9. The van der Waals surface area contributed by atoms with Crippen LogP contribution in [0.2, 0.25) is 0 Å². The number of benzene rings is 1. The molecule has 6 nitrogen and oxygen atoms in total. The van der Waals surface area contributed by atoms with Crippen LogP contribution in [0, 0.1) is 5.82 Å². The highest BCUT2D eigenvalue weighted by Crippen LogP contribution is 2.32. The van der Waals surface area contributed by atoms with Crippen molar-refractivity contribution in [3.8, 4) is 0 Å². The molecule has 4 amide bonds. The topological polar surface area (TPSA) is 69.7 Å². The molecule has 0 radical (unpaired) electrons. The molecule has 0 saturated carbocycles. The molecular formula is C18H24FN3O3. The second-order valence-electron chi connectivity index (χ2n) is 6.26. The van der Waals surface area contributed by atoms with Crippen LogP contribution in [-0.2, 0) is 15.1 Å². The maximum atomic E-state index is 13.2. The lowest BCUT2D eigenvalue weighted by Crippen LogP contribution is -2.45. The highest BCUT2D eigenvalue weighted by molar-refractivity contribution is 6.09. The van der Waals surface area contributed by atoms with E-state index in [0.29, 0.717) is 18.5 Å². The van der Waals surface area contributed by atoms with Crippen molar-refractivity contribution in [1.29, 1.82) is 0 Å². The van der Waals surface area contributed by atoms with Gasteiger partial charge in [0.1, 0.15) is 17.9 Å². The number of hydrogen-bond acceptors (Lipinski definition) is 3. The van der Waals surface area contributed by atoms with E-state index in [1.807, 2.05) is 6.92 Å². The number of rotatable bonds is 7. The number of likely N-dealkylation sites (N-methyl/N-ethyl adjacent to an activating group) is 1. The van der Waals surface area contributed by atoms with Crippen LogP contribution in [0.3, 0.4) is 0 Å². The Balaban J connectivity index is 2.20. The number of unbranched alkanes of at least 4 members (excludes halogenated alkanes) is 1. The fourth-order valence-electron chi connectivity index (χ4n) is 2.92. The van der Waals surface area contributed by atoms with E-state index in [-0.39, 0.29) is 12.5 Å². The van der Waals surface area contributed by atoms with Crippen molar-refractivity contribution < 1.29 is 18.8 Å². The van der Waals surface area contributed by atoms with E-state index < -0.39 is 23.3 Å². The molecule has 1 fully saturated rings. The third-order valence-corrected chi connectivity index (χ3v) is 4.61. The molecule has 0 spiro atoms. The first-order valence-electron chi connectivity index (χ1n) is 8.49. The SMILES string of the molecule is CCCCN(C)C(=O)CN1C(=O)N[C@](CC)(c2ccc(F)cc2)C1=O. The van der Waals surface area contributed by atoms with Crippen LogP contribution in [0.25, 0.3) is 0 Å². The average molecular weight is 349 g/mol. The molecule has 1 N–H and O–H groups in total. The molecule has 1 saturated heterocycles. The Hall–Kier alpha value is -2.44. The molecule has 1 aromatic rings. The van der Waals surface area contributed by atoms with E-state index in [4.69, 9.17) is 0 Å². The molecular weight excluding hydrogens is 325 g/mol. The standard InChI is InChI=1S/C18H24FN3O3/c1-4-6-11-21(3)15(23)12-22-16(24)18(5-2,20-17(22)25)13-7-9-14(19)10-8-13/h7-10H,4-6,11-12H2,1-3H3,(H,20,25)/t18-/m1/s1. The van der Waals surface area contributed by atoms with Crippen LogP contribution in [0.4, 0.5) is 9.18 Å². The molecule has 25 heavy (non-hydrogen) atoms. The van der Waals surface area contributed by atoms with E-state index in [1.54, 1.807) is 14.0 Å². The maximum Gasteiger partial charge on any atom is 0.325 e. The molecule has 1 aromatic carbocycles. The zero-order valence-corrected chi connectivity index (χ0v) is 14.8. The number of halogens is 1. The van der Waals surface area contributed by atoms with Crippen molar-refractivity contribution in [3.05, 3.63) is 35.6 Å². The zero-order chi connectivity index (χ0) is 18.6. The minimum atomic E-state index is -1.26. The smallest absolute Gasteiger partial charge is 0.325 e. The van der Waals surface area contributed by atoms with Crippen molar-refractivity contribution >= 4 is 17.8 Å². The third kappa shape index (κ3) is 3.65. The largest absolute Gasteiger partial charge is 0.344 e. The number of carbonyl (C=O) groups excluding carboxylic acids is 3. The van der Waals surface area contributed by atoms with Gasteiger partial charge in [-0.3, -0.25) is 14.5 Å². The van der Waals surface area contributed by atoms with Crippen molar-refractivity contribution in [2.45, 2.75) is 38.6 Å². The van der Waals surface area contributed by atoms with Gasteiger partial charge in [-0.25, -0.2) is 9.18 Å². The summed E-state index contributed by atoms with van der Waals surface area (Å²) in [5.41, 5.74) is -0.753. The normalized spacial score (nSPS) is 19.9. The second kappa shape index (κ2) is 7.63. The summed E-state index contributed by atoms with van der Waals surface area (Å²) in [6, 6.07) is 4.86. The van der Waals surface area contributed by atoms with Gasteiger partial charge in [-0.15, -0.1) is 0 Å². The molecule has 1 aliphatic heterocycles. The lowest BCUT2D eigenvalue weighted by molar-refractivity contribution is -0.138. The Kier molecular flexibility index (Phi) is 5.77. The Labute approximate surface area is 147 Å². The number of imide groups is 1. The first-order valence-corrected chi connectivity index (χ1v) is 8.49. The molecule has 0 unspecified atom stereocenters. The van der Waals surface area contributed by atoms with Crippen LogP contribution < -0.4 is 5.32 Å². The fraction of sp³-hybridized carbons (Fsp3) is 0.500. The van der Waals surface area contributed by atoms with Gasteiger partial charge in [0.25, 0.3) is 5.91 Å². The summed E-state index contributed by atoms with van der Waals surface area (Å²) in [5.74, 6) is -1.19. The van der Waals surface area contributed by atoms with Gasteiger partial charge in [-0.1, -0.05) is 32.4 Å². The molecule has 0 aromatic heterocycles. The lowest BCUT2D eigenvalue weighted by Gasteiger charge is -2.26. The summed E-state index contributed by atoms with van der Waals surface area (Å²) in [4.78, 5) is 40.0. The minimum absolute atomic E-state index is 0.289. The molecule has 136 valence electrons. The van der Waals surface area contributed by atoms with Gasteiger partial charge >= 0.3 is 6.03 Å². The van der Waals surface area contributed by atoms with Crippen LogP contribution in [0.15, 0.2) is 24.3 Å². The molecule has 0 bridgehead atoms. The number of amides is 4. The summed E-state index contributed by atoms with van der Waals surface area (Å²) in [6.45, 7) is 4.07. The minimum Gasteiger partial charge on any atom is -0.344 e. The quantitative estimate of drug-likeness (QED) is 0.768. The monoisotopic (exact) mass is 349 g/mol. The van der Waals surface area contributed by atoms with Crippen LogP contribution >= 0.6 is 0 Å². The highest BCUT2D eigenvalue weighted by atomic mass is 19.1. The predicted molar refractivity (Wildman–Crippen MR) is 91.2 cm³/mol. The van der Waals surface area contributed by atoms with Gasteiger partial charge < -0.3 is 10.2 Å².